The van der Waals surface area contributed by atoms with Crippen LogP contribution in [0.4, 0.5) is 0 Å². The summed E-state index contributed by atoms with van der Waals surface area (Å²) in [6.45, 7) is 3.78. The zero-order valence-electron chi connectivity index (χ0n) is 11.5. The number of ether oxygens (including phenoxy) is 1. The summed E-state index contributed by atoms with van der Waals surface area (Å²) in [4.78, 5) is 11.8. The fourth-order valence-corrected chi connectivity index (χ4v) is 2.31. The van der Waals surface area contributed by atoms with E-state index in [4.69, 9.17) is 4.74 Å². The highest BCUT2D eigenvalue weighted by Crippen LogP contribution is 2.21. The van der Waals surface area contributed by atoms with Crippen LogP contribution >= 0.6 is 0 Å². The second-order valence-corrected chi connectivity index (χ2v) is 4.56. The number of nitrogens with zero attached hydrogens (tertiary/aromatic N) is 3. The zero-order chi connectivity index (χ0) is 14.3. The van der Waals surface area contributed by atoms with Gasteiger partial charge in [0.05, 0.1) is 29.6 Å². The van der Waals surface area contributed by atoms with Gasteiger partial charge < -0.3 is 4.74 Å². The fraction of sp³-hybridized carbons (Fsp3) is 0.214. The first-order valence-electron chi connectivity index (χ1n) is 6.21. The van der Waals surface area contributed by atoms with Crippen molar-refractivity contribution in [3.63, 3.8) is 0 Å². The number of aromatic nitrogens is 4. The molecular formula is C14H14N4O2. The van der Waals surface area contributed by atoms with Gasteiger partial charge in [-0.25, -0.2) is 9.78 Å². The third-order valence-corrected chi connectivity index (χ3v) is 3.34. The third-order valence-electron chi connectivity index (χ3n) is 3.34. The molecule has 0 saturated carbocycles. The van der Waals surface area contributed by atoms with Gasteiger partial charge in [-0.1, -0.05) is 0 Å². The van der Waals surface area contributed by atoms with Crippen molar-refractivity contribution in [2.45, 2.75) is 13.8 Å². The lowest BCUT2D eigenvalue weighted by Crippen LogP contribution is -2.09. The number of nitrogens with one attached hydrogen (secondary N) is 1. The van der Waals surface area contributed by atoms with Gasteiger partial charge in [0.1, 0.15) is 5.75 Å². The molecule has 1 N–H and O–H groups in total. The minimum Gasteiger partial charge on any atom is -0.497 e. The van der Waals surface area contributed by atoms with Gasteiger partial charge in [-0.2, -0.15) is 10.2 Å². The molecular weight excluding hydrogens is 256 g/mol. The van der Waals surface area contributed by atoms with Crippen molar-refractivity contribution in [1.82, 2.24) is 20.0 Å². The van der Waals surface area contributed by atoms with Gasteiger partial charge >= 0.3 is 0 Å². The minimum atomic E-state index is -0.277. The first-order chi connectivity index (χ1) is 9.61. The summed E-state index contributed by atoms with van der Waals surface area (Å²) in [5, 5.41) is 11.6. The molecule has 0 spiro atoms. The molecule has 1 aromatic carbocycles. The van der Waals surface area contributed by atoms with E-state index < -0.39 is 0 Å². The molecule has 0 fully saturated rings. The molecule has 0 aliphatic heterocycles. The van der Waals surface area contributed by atoms with Crippen molar-refractivity contribution in [3.05, 3.63) is 46.0 Å². The predicted molar refractivity (Wildman–Crippen MR) is 75.5 cm³/mol. The fourth-order valence-electron chi connectivity index (χ4n) is 2.31. The number of rotatable bonds is 2. The maximum absolute atomic E-state index is 11.8. The highest BCUT2D eigenvalue weighted by Gasteiger charge is 2.14. The Hall–Kier alpha value is -2.63. The molecule has 0 aliphatic rings. The zero-order valence-corrected chi connectivity index (χ0v) is 11.5. The van der Waals surface area contributed by atoms with Crippen molar-refractivity contribution >= 4 is 10.9 Å². The molecule has 6 nitrogen and oxygen atoms in total. The quantitative estimate of drug-likeness (QED) is 0.769. The molecule has 2 aromatic heterocycles. The molecule has 6 heteroatoms. The Morgan fingerprint density at radius 3 is 2.50 bits per heavy atom. The molecule has 0 atom stereocenters. The summed E-state index contributed by atoms with van der Waals surface area (Å²) < 4.78 is 6.88. The van der Waals surface area contributed by atoms with Gasteiger partial charge in [0.25, 0.3) is 5.56 Å². The van der Waals surface area contributed by atoms with Gasteiger partial charge in [0, 0.05) is 0 Å². The number of benzene rings is 1. The Kier molecular flexibility index (Phi) is 2.78. The monoisotopic (exact) mass is 270 g/mol. The Labute approximate surface area is 115 Å². The van der Waals surface area contributed by atoms with Gasteiger partial charge in [0.15, 0.2) is 5.52 Å². The summed E-state index contributed by atoms with van der Waals surface area (Å²) in [6, 6.07) is 7.51. The van der Waals surface area contributed by atoms with Gasteiger partial charge in [-0.3, -0.25) is 4.79 Å². The highest BCUT2D eigenvalue weighted by molar-refractivity contribution is 5.83. The smallest absolute Gasteiger partial charge is 0.292 e. The maximum Gasteiger partial charge on any atom is 0.292 e. The molecule has 3 rings (SSSR count). The van der Waals surface area contributed by atoms with E-state index in [1.807, 2.05) is 38.1 Å². The van der Waals surface area contributed by atoms with Crippen molar-refractivity contribution in [2.75, 3.05) is 7.11 Å². The van der Waals surface area contributed by atoms with Crippen LogP contribution in [0.1, 0.15) is 11.4 Å². The number of hydrogen-bond donors (Lipinski definition) is 1. The van der Waals surface area contributed by atoms with E-state index in [0.717, 1.165) is 28.2 Å². The van der Waals surface area contributed by atoms with Crippen LogP contribution in [0.5, 0.6) is 5.75 Å². The molecule has 20 heavy (non-hydrogen) atoms. The second-order valence-electron chi connectivity index (χ2n) is 4.56. The van der Waals surface area contributed by atoms with E-state index in [1.165, 1.54) is 0 Å². The number of methoxy groups -OCH3 is 1. The largest absolute Gasteiger partial charge is 0.497 e. The number of fused-ring (bicyclic) bond motifs is 1. The number of aromatic amines is 1. The molecule has 3 aromatic rings. The summed E-state index contributed by atoms with van der Waals surface area (Å²) in [5.41, 5.74) is 2.66. The summed E-state index contributed by atoms with van der Waals surface area (Å²) in [5.74, 6) is 0.777. The first-order valence-corrected chi connectivity index (χ1v) is 6.21. The van der Waals surface area contributed by atoms with Crippen LogP contribution in [-0.2, 0) is 0 Å². The summed E-state index contributed by atoms with van der Waals surface area (Å²) in [7, 11) is 1.62. The average molecular weight is 270 g/mol. The Morgan fingerprint density at radius 1 is 1.20 bits per heavy atom. The van der Waals surface area contributed by atoms with Crippen LogP contribution < -0.4 is 10.3 Å². The molecule has 102 valence electrons. The lowest BCUT2D eigenvalue weighted by atomic mass is 10.2. The summed E-state index contributed by atoms with van der Waals surface area (Å²) in [6.07, 6.45) is 0. The Balaban J connectivity index is 2.26. The molecule has 0 bridgehead atoms. The lowest BCUT2D eigenvalue weighted by Gasteiger charge is -2.05. The normalized spacial score (nSPS) is 10.9. The van der Waals surface area contributed by atoms with E-state index in [0.29, 0.717) is 5.52 Å². The van der Waals surface area contributed by atoms with Crippen LogP contribution in [0.15, 0.2) is 29.1 Å². The van der Waals surface area contributed by atoms with Crippen LogP contribution in [0.3, 0.4) is 0 Å². The van der Waals surface area contributed by atoms with E-state index in [1.54, 1.807) is 11.8 Å². The molecule has 0 saturated heterocycles. The van der Waals surface area contributed by atoms with Crippen LogP contribution in [0, 0.1) is 13.8 Å². The molecule has 2 heterocycles. The maximum atomic E-state index is 11.8. The highest BCUT2D eigenvalue weighted by atomic mass is 16.5. The minimum absolute atomic E-state index is 0.277. The predicted octanol–water partition coefficient (Wildman–Crippen LogP) is 1.73. The van der Waals surface area contributed by atoms with Crippen LogP contribution in [-0.4, -0.2) is 27.1 Å². The van der Waals surface area contributed by atoms with E-state index in [9.17, 15) is 4.79 Å². The van der Waals surface area contributed by atoms with E-state index in [2.05, 4.69) is 15.3 Å². The second kappa shape index (κ2) is 4.48. The first kappa shape index (κ1) is 12.4. The average Bonchev–Trinajstić information content (AvgIpc) is 2.82. The third kappa shape index (κ3) is 1.77. The standard InChI is InChI=1S/C14H14N4O2/c1-8-12-9(2)18(17-13(12)14(19)16-15-8)10-4-6-11(20-3)7-5-10/h4-7H,1-3H3,(H,16,19). The lowest BCUT2D eigenvalue weighted by molar-refractivity contribution is 0.414. The van der Waals surface area contributed by atoms with E-state index in [-0.39, 0.29) is 5.56 Å². The number of hydrogen-bond acceptors (Lipinski definition) is 4. The van der Waals surface area contributed by atoms with Crippen molar-refractivity contribution in [1.29, 1.82) is 0 Å². The number of H-pyrrole nitrogens is 1. The molecule has 0 aliphatic carbocycles. The van der Waals surface area contributed by atoms with Gasteiger partial charge in [-0.05, 0) is 38.1 Å². The number of aryl methyl sites for hydroxylation is 2. The van der Waals surface area contributed by atoms with Crippen molar-refractivity contribution in [3.8, 4) is 11.4 Å². The SMILES string of the molecule is COc1ccc(-n2nc3c(=O)[nH]nc(C)c3c2C)cc1. The van der Waals surface area contributed by atoms with Crippen LogP contribution in [0.2, 0.25) is 0 Å². The van der Waals surface area contributed by atoms with Crippen LogP contribution in [0.25, 0.3) is 16.6 Å². The Bertz CT molecular complexity index is 831. The van der Waals surface area contributed by atoms with Gasteiger partial charge in [-0.15, -0.1) is 0 Å². The Morgan fingerprint density at radius 2 is 1.90 bits per heavy atom. The van der Waals surface area contributed by atoms with Gasteiger partial charge in [0.2, 0.25) is 0 Å². The van der Waals surface area contributed by atoms with E-state index >= 15 is 0 Å². The topological polar surface area (TPSA) is 72.8 Å². The molecule has 0 amide bonds. The summed E-state index contributed by atoms with van der Waals surface area (Å²) >= 11 is 0. The molecule has 0 radical (unpaired) electrons. The van der Waals surface area contributed by atoms with Crippen molar-refractivity contribution < 1.29 is 4.74 Å². The molecule has 0 unspecified atom stereocenters. The van der Waals surface area contributed by atoms with Crippen molar-refractivity contribution in [2.24, 2.45) is 0 Å².